The van der Waals surface area contributed by atoms with E-state index in [-0.39, 0.29) is 0 Å². The predicted molar refractivity (Wildman–Crippen MR) is 80.1 cm³/mol. The SMILES string of the molecule is Cc1cc(Oc2ccc(C#N)cc2Cl)ccc1CBr. The van der Waals surface area contributed by atoms with Crippen LogP contribution >= 0.6 is 27.5 Å². The van der Waals surface area contributed by atoms with Gasteiger partial charge in [0, 0.05) is 5.33 Å². The van der Waals surface area contributed by atoms with Crippen LogP contribution in [0.5, 0.6) is 11.5 Å². The molecule has 0 aliphatic rings. The number of benzene rings is 2. The molecule has 19 heavy (non-hydrogen) atoms. The Morgan fingerprint density at radius 2 is 2.05 bits per heavy atom. The normalized spacial score (nSPS) is 10.0. The fourth-order valence-corrected chi connectivity index (χ4v) is 2.51. The molecule has 0 radical (unpaired) electrons. The number of halogens is 2. The first-order valence-corrected chi connectivity index (χ1v) is 7.17. The van der Waals surface area contributed by atoms with Crippen LogP contribution in [0.3, 0.4) is 0 Å². The summed E-state index contributed by atoms with van der Waals surface area (Å²) in [5.74, 6) is 1.28. The fraction of sp³-hybridized carbons (Fsp3) is 0.133. The molecule has 0 saturated heterocycles. The van der Waals surface area contributed by atoms with Crippen LogP contribution in [0, 0.1) is 18.3 Å². The molecule has 2 aromatic carbocycles. The Hall–Kier alpha value is -1.50. The molecule has 2 nitrogen and oxygen atoms in total. The van der Waals surface area contributed by atoms with Gasteiger partial charge in [0.25, 0.3) is 0 Å². The third kappa shape index (κ3) is 3.28. The molecular formula is C15H11BrClNO. The van der Waals surface area contributed by atoms with Crippen molar-refractivity contribution in [2.45, 2.75) is 12.3 Å². The molecule has 0 aliphatic heterocycles. The average molecular weight is 337 g/mol. The summed E-state index contributed by atoms with van der Waals surface area (Å²) in [7, 11) is 0. The number of ether oxygens (including phenoxy) is 1. The van der Waals surface area contributed by atoms with E-state index in [2.05, 4.69) is 15.9 Å². The van der Waals surface area contributed by atoms with Crippen molar-refractivity contribution in [3.05, 3.63) is 58.1 Å². The zero-order valence-corrected chi connectivity index (χ0v) is 12.6. The highest BCUT2D eigenvalue weighted by atomic mass is 79.9. The molecule has 0 N–H and O–H groups in total. The van der Waals surface area contributed by atoms with Crippen LogP contribution in [-0.2, 0) is 5.33 Å². The van der Waals surface area contributed by atoms with Gasteiger partial charge in [-0.25, -0.2) is 0 Å². The first-order chi connectivity index (χ1) is 9.13. The summed E-state index contributed by atoms with van der Waals surface area (Å²) in [5, 5.41) is 10.0. The standard InChI is InChI=1S/C15H11BrClNO/c1-10-6-13(4-3-12(10)8-16)19-15-5-2-11(9-18)7-14(15)17/h2-7H,8H2,1H3. The first kappa shape index (κ1) is 13.9. The zero-order chi connectivity index (χ0) is 13.8. The molecule has 2 rings (SSSR count). The number of alkyl halides is 1. The molecule has 0 heterocycles. The predicted octanol–water partition coefficient (Wildman–Crippen LogP) is 5.21. The quantitative estimate of drug-likeness (QED) is 0.721. The minimum absolute atomic E-state index is 0.432. The number of nitrogens with zero attached hydrogens (tertiary/aromatic N) is 1. The monoisotopic (exact) mass is 335 g/mol. The minimum Gasteiger partial charge on any atom is -0.456 e. The smallest absolute Gasteiger partial charge is 0.146 e. The molecule has 0 amide bonds. The van der Waals surface area contributed by atoms with E-state index in [4.69, 9.17) is 21.6 Å². The number of hydrogen-bond donors (Lipinski definition) is 0. The van der Waals surface area contributed by atoms with Crippen molar-refractivity contribution in [2.75, 3.05) is 0 Å². The lowest BCUT2D eigenvalue weighted by molar-refractivity contribution is 0.482. The molecule has 0 atom stereocenters. The van der Waals surface area contributed by atoms with Crippen molar-refractivity contribution in [3.8, 4) is 17.6 Å². The Morgan fingerprint density at radius 3 is 2.63 bits per heavy atom. The van der Waals surface area contributed by atoms with Crippen molar-refractivity contribution >= 4 is 27.5 Å². The van der Waals surface area contributed by atoms with Gasteiger partial charge >= 0.3 is 0 Å². The van der Waals surface area contributed by atoms with Crippen LogP contribution in [0.25, 0.3) is 0 Å². The van der Waals surface area contributed by atoms with Gasteiger partial charge in [-0.1, -0.05) is 33.6 Å². The van der Waals surface area contributed by atoms with Crippen LogP contribution in [0.1, 0.15) is 16.7 Å². The maximum absolute atomic E-state index is 8.78. The molecule has 4 heteroatoms. The van der Waals surface area contributed by atoms with E-state index >= 15 is 0 Å². The summed E-state index contributed by atoms with van der Waals surface area (Å²) in [4.78, 5) is 0. The Kier molecular flexibility index (Phi) is 4.47. The van der Waals surface area contributed by atoms with Gasteiger partial charge < -0.3 is 4.74 Å². The van der Waals surface area contributed by atoms with Crippen LogP contribution in [0.15, 0.2) is 36.4 Å². The third-order valence-corrected chi connectivity index (χ3v) is 3.65. The van der Waals surface area contributed by atoms with Gasteiger partial charge in [-0.15, -0.1) is 0 Å². The lowest BCUT2D eigenvalue weighted by Gasteiger charge is -2.10. The van der Waals surface area contributed by atoms with Crippen molar-refractivity contribution in [3.63, 3.8) is 0 Å². The highest BCUT2D eigenvalue weighted by Gasteiger charge is 2.06. The second kappa shape index (κ2) is 6.10. The summed E-state index contributed by atoms with van der Waals surface area (Å²) in [5.41, 5.74) is 2.89. The van der Waals surface area contributed by atoms with E-state index in [9.17, 15) is 0 Å². The third-order valence-electron chi connectivity index (χ3n) is 2.75. The Labute approximate surface area is 125 Å². The van der Waals surface area contributed by atoms with Gasteiger partial charge in [-0.3, -0.25) is 0 Å². The Bertz CT molecular complexity index is 649. The van der Waals surface area contributed by atoms with E-state index in [0.717, 1.165) is 16.6 Å². The molecule has 0 spiro atoms. The van der Waals surface area contributed by atoms with Gasteiger partial charge in [-0.05, 0) is 48.4 Å². The Balaban J connectivity index is 2.26. The lowest BCUT2D eigenvalue weighted by Crippen LogP contribution is -1.89. The highest BCUT2D eigenvalue weighted by molar-refractivity contribution is 9.08. The summed E-state index contributed by atoms with van der Waals surface area (Å²) in [6.07, 6.45) is 0. The molecule has 96 valence electrons. The molecule has 0 unspecified atom stereocenters. The van der Waals surface area contributed by atoms with Crippen molar-refractivity contribution in [2.24, 2.45) is 0 Å². The molecule has 2 aromatic rings. The van der Waals surface area contributed by atoms with Gasteiger partial charge in [0.2, 0.25) is 0 Å². The molecule has 0 fully saturated rings. The van der Waals surface area contributed by atoms with Gasteiger partial charge in [0.05, 0.1) is 16.7 Å². The highest BCUT2D eigenvalue weighted by Crippen LogP contribution is 2.31. The molecule has 0 aromatic heterocycles. The number of nitriles is 1. The first-order valence-electron chi connectivity index (χ1n) is 5.67. The van der Waals surface area contributed by atoms with Crippen molar-refractivity contribution < 1.29 is 4.74 Å². The van der Waals surface area contributed by atoms with Crippen LogP contribution in [0.2, 0.25) is 5.02 Å². The lowest BCUT2D eigenvalue weighted by atomic mass is 10.1. The summed E-state index contributed by atoms with van der Waals surface area (Å²) in [6.45, 7) is 2.03. The van der Waals surface area contributed by atoms with E-state index in [1.54, 1.807) is 18.2 Å². The average Bonchev–Trinajstić information content (AvgIpc) is 2.41. The number of rotatable bonds is 3. The molecular weight excluding hydrogens is 326 g/mol. The van der Waals surface area contributed by atoms with Crippen molar-refractivity contribution in [1.29, 1.82) is 5.26 Å². The topological polar surface area (TPSA) is 33.0 Å². The second-order valence-corrected chi connectivity index (χ2v) is 5.05. The second-order valence-electron chi connectivity index (χ2n) is 4.08. The van der Waals surface area contributed by atoms with Gasteiger partial charge in [0.15, 0.2) is 0 Å². The van der Waals surface area contributed by atoms with Gasteiger partial charge in [0.1, 0.15) is 11.5 Å². The summed E-state index contributed by atoms with van der Waals surface area (Å²) >= 11 is 9.51. The van der Waals surface area contributed by atoms with E-state index in [1.165, 1.54) is 5.56 Å². The van der Waals surface area contributed by atoms with Crippen LogP contribution in [-0.4, -0.2) is 0 Å². The molecule has 0 aliphatic carbocycles. The molecule has 0 saturated carbocycles. The maximum Gasteiger partial charge on any atom is 0.146 e. The van der Waals surface area contributed by atoms with E-state index in [0.29, 0.717) is 16.3 Å². The zero-order valence-electron chi connectivity index (χ0n) is 10.3. The van der Waals surface area contributed by atoms with Crippen LogP contribution < -0.4 is 4.74 Å². The van der Waals surface area contributed by atoms with Crippen LogP contribution in [0.4, 0.5) is 0 Å². The fourth-order valence-electron chi connectivity index (χ4n) is 1.66. The summed E-state index contributed by atoms with van der Waals surface area (Å²) < 4.78 is 5.73. The molecule has 0 bridgehead atoms. The van der Waals surface area contributed by atoms with E-state index in [1.807, 2.05) is 31.2 Å². The van der Waals surface area contributed by atoms with Gasteiger partial charge in [-0.2, -0.15) is 5.26 Å². The minimum atomic E-state index is 0.432. The number of hydrogen-bond acceptors (Lipinski definition) is 2. The summed E-state index contributed by atoms with van der Waals surface area (Å²) in [6, 6.07) is 12.9. The maximum atomic E-state index is 8.78. The van der Waals surface area contributed by atoms with E-state index < -0.39 is 0 Å². The Morgan fingerprint density at radius 1 is 1.26 bits per heavy atom. The number of aryl methyl sites for hydroxylation is 1. The van der Waals surface area contributed by atoms with Crippen molar-refractivity contribution in [1.82, 2.24) is 0 Å². The largest absolute Gasteiger partial charge is 0.456 e.